The molecule has 1 amide bonds. The molecule has 7 nitrogen and oxygen atoms in total. The Morgan fingerprint density at radius 3 is 1.93 bits per heavy atom. The third kappa shape index (κ3) is 6.97. The molecule has 0 bridgehead atoms. The van der Waals surface area contributed by atoms with Crippen molar-refractivity contribution < 1.29 is 22.7 Å². The monoisotopic (exact) mass is 603 g/mol. The van der Waals surface area contributed by atoms with Gasteiger partial charge < -0.3 is 14.5 Å². The molecule has 2 aliphatic rings. The van der Waals surface area contributed by atoms with Crippen LogP contribution in [-0.2, 0) is 19.3 Å². The van der Waals surface area contributed by atoms with E-state index in [9.17, 15) is 18.0 Å². The van der Waals surface area contributed by atoms with Gasteiger partial charge in [0.25, 0.3) is 5.91 Å². The predicted molar refractivity (Wildman–Crippen MR) is 165 cm³/mol. The molecule has 0 atom stereocenters. The summed E-state index contributed by atoms with van der Waals surface area (Å²) in [7, 11) is 1.68. The number of hydrogen-bond acceptors (Lipinski definition) is 6. The maximum atomic E-state index is 13.3. The van der Waals surface area contributed by atoms with E-state index in [1.165, 1.54) is 17.7 Å². The van der Waals surface area contributed by atoms with Crippen molar-refractivity contribution in [3.8, 4) is 5.75 Å². The first-order valence-corrected chi connectivity index (χ1v) is 14.9. The molecular formula is C34H36F3N5O2. The number of anilines is 1. The minimum atomic E-state index is -4.33. The summed E-state index contributed by atoms with van der Waals surface area (Å²) < 4.78 is 43.8. The van der Waals surface area contributed by atoms with Crippen molar-refractivity contribution in [1.82, 2.24) is 19.7 Å². The van der Waals surface area contributed by atoms with Crippen LogP contribution in [0.4, 0.5) is 19.0 Å². The summed E-state index contributed by atoms with van der Waals surface area (Å²) in [6.07, 6.45) is -4.33. The SMILES string of the molecule is COc1ccc(CN2CCN(c3ccc4cc(C(=O)N5CCN(Cc6ccc(C(F)(F)F)cc6)CC5)ccc4n3)CC2)cc1. The van der Waals surface area contributed by atoms with E-state index < -0.39 is 11.7 Å². The fraction of sp³-hybridized carbons (Fsp3) is 0.353. The normalized spacial score (nSPS) is 16.8. The minimum Gasteiger partial charge on any atom is -0.497 e. The molecule has 2 fully saturated rings. The first-order chi connectivity index (χ1) is 21.2. The van der Waals surface area contributed by atoms with Crippen LogP contribution < -0.4 is 9.64 Å². The van der Waals surface area contributed by atoms with Gasteiger partial charge in [-0.15, -0.1) is 0 Å². The number of piperazine rings is 2. The summed E-state index contributed by atoms with van der Waals surface area (Å²) in [6.45, 7) is 7.64. The van der Waals surface area contributed by atoms with E-state index in [1.807, 2.05) is 47.4 Å². The van der Waals surface area contributed by atoms with Crippen molar-refractivity contribution >= 4 is 22.6 Å². The predicted octanol–water partition coefficient (Wildman–Crippen LogP) is 5.54. The average Bonchev–Trinajstić information content (AvgIpc) is 3.05. The number of carbonyl (C=O) groups is 1. The van der Waals surface area contributed by atoms with Gasteiger partial charge in [0.05, 0.1) is 18.2 Å². The summed E-state index contributed by atoms with van der Waals surface area (Å²) >= 11 is 0. The van der Waals surface area contributed by atoms with Crippen LogP contribution in [0.3, 0.4) is 0 Å². The van der Waals surface area contributed by atoms with E-state index in [2.05, 4.69) is 26.8 Å². The smallest absolute Gasteiger partial charge is 0.416 e. The zero-order chi connectivity index (χ0) is 30.7. The summed E-state index contributed by atoms with van der Waals surface area (Å²) in [5.74, 6) is 1.80. The number of fused-ring (bicyclic) bond motifs is 1. The van der Waals surface area contributed by atoms with Crippen molar-refractivity contribution in [3.63, 3.8) is 0 Å². The van der Waals surface area contributed by atoms with E-state index in [4.69, 9.17) is 9.72 Å². The van der Waals surface area contributed by atoms with E-state index >= 15 is 0 Å². The van der Waals surface area contributed by atoms with Crippen molar-refractivity contribution in [1.29, 1.82) is 0 Å². The maximum Gasteiger partial charge on any atom is 0.416 e. The van der Waals surface area contributed by atoms with Gasteiger partial charge in [0.2, 0.25) is 0 Å². The van der Waals surface area contributed by atoms with Crippen LogP contribution in [0.15, 0.2) is 78.9 Å². The first kappa shape index (κ1) is 29.9. The van der Waals surface area contributed by atoms with E-state index in [1.54, 1.807) is 7.11 Å². The number of halogens is 3. The molecule has 1 aromatic heterocycles. The number of ether oxygens (including phenoxy) is 1. The molecule has 0 unspecified atom stereocenters. The summed E-state index contributed by atoms with van der Waals surface area (Å²) in [6, 6.07) is 23.3. The lowest BCUT2D eigenvalue weighted by Crippen LogP contribution is -2.48. The fourth-order valence-electron chi connectivity index (χ4n) is 5.90. The quantitative estimate of drug-likeness (QED) is 0.277. The molecule has 44 heavy (non-hydrogen) atoms. The zero-order valence-corrected chi connectivity index (χ0v) is 24.8. The third-order valence-electron chi connectivity index (χ3n) is 8.53. The Hall–Kier alpha value is -4.15. The van der Waals surface area contributed by atoms with Gasteiger partial charge in [-0.2, -0.15) is 13.2 Å². The van der Waals surface area contributed by atoms with Crippen molar-refractivity contribution in [3.05, 3.63) is 101 Å². The second-order valence-electron chi connectivity index (χ2n) is 11.5. The van der Waals surface area contributed by atoms with E-state index in [0.29, 0.717) is 38.3 Å². The van der Waals surface area contributed by atoms with E-state index in [0.717, 1.165) is 72.9 Å². The second-order valence-corrected chi connectivity index (χ2v) is 11.5. The van der Waals surface area contributed by atoms with Gasteiger partial charge in [-0.05, 0) is 65.7 Å². The van der Waals surface area contributed by atoms with Crippen LogP contribution in [0, 0.1) is 0 Å². The molecule has 230 valence electrons. The highest BCUT2D eigenvalue weighted by molar-refractivity contribution is 5.98. The first-order valence-electron chi connectivity index (χ1n) is 14.9. The number of aromatic nitrogens is 1. The van der Waals surface area contributed by atoms with Crippen LogP contribution in [0.25, 0.3) is 10.9 Å². The Balaban J connectivity index is 1.01. The van der Waals surface area contributed by atoms with Gasteiger partial charge in [0.15, 0.2) is 0 Å². The second kappa shape index (κ2) is 12.8. The molecule has 10 heteroatoms. The fourth-order valence-corrected chi connectivity index (χ4v) is 5.90. The number of rotatable bonds is 7. The Kier molecular flexibility index (Phi) is 8.72. The molecule has 0 radical (unpaired) electrons. The molecule has 4 aromatic rings. The number of nitrogens with zero attached hydrogens (tertiary/aromatic N) is 5. The van der Waals surface area contributed by atoms with Gasteiger partial charge in [-0.25, -0.2) is 4.98 Å². The van der Waals surface area contributed by atoms with Gasteiger partial charge in [0.1, 0.15) is 11.6 Å². The van der Waals surface area contributed by atoms with Crippen molar-refractivity contribution in [2.24, 2.45) is 0 Å². The van der Waals surface area contributed by atoms with Crippen molar-refractivity contribution in [2.45, 2.75) is 19.3 Å². The Bertz CT molecular complexity index is 1580. The van der Waals surface area contributed by atoms with Gasteiger partial charge >= 0.3 is 6.18 Å². The van der Waals surface area contributed by atoms with Crippen LogP contribution in [0.2, 0.25) is 0 Å². The molecule has 3 heterocycles. The van der Waals surface area contributed by atoms with Crippen LogP contribution in [0.5, 0.6) is 5.75 Å². The standard InChI is InChI=1S/C34H36F3N5O2/c1-44-30-10-4-26(5-11-30)24-39-14-18-41(19-15-39)32-13-7-27-22-28(6-12-31(27)38-32)33(43)42-20-16-40(17-21-42)23-25-2-8-29(9-3-25)34(35,36)37/h2-13,22H,14-21,23-24H2,1H3. The van der Waals surface area contributed by atoms with Gasteiger partial charge in [-0.3, -0.25) is 14.6 Å². The number of amides is 1. The molecule has 2 saturated heterocycles. The number of pyridine rings is 1. The van der Waals surface area contributed by atoms with E-state index in [-0.39, 0.29) is 5.91 Å². The van der Waals surface area contributed by atoms with Crippen LogP contribution in [0.1, 0.15) is 27.0 Å². The molecular weight excluding hydrogens is 567 g/mol. The van der Waals surface area contributed by atoms with Crippen LogP contribution >= 0.6 is 0 Å². The largest absolute Gasteiger partial charge is 0.497 e. The highest BCUT2D eigenvalue weighted by Gasteiger charge is 2.30. The summed E-state index contributed by atoms with van der Waals surface area (Å²) in [5.41, 5.74) is 2.96. The Morgan fingerprint density at radius 2 is 1.34 bits per heavy atom. The number of alkyl halides is 3. The zero-order valence-electron chi connectivity index (χ0n) is 24.8. The maximum absolute atomic E-state index is 13.3. The molecule has 0 aliphatic carbocycles. The topological polar surface area (TPSA) is 52.2 Å². The number of carbonyl (C=O) groups excluding carboxylic acids is 1. The van der Waals surface area contributed by atoms with Crippen LogP contribution in [-0.4, -0.2) is 85.1 Å². The van der Waals surface area contributed by atoms with Crippen molar-refractivity contribution in [2.75, 3.05) is 64.4 Å². The average molecular weight is 604 g/mol. The molecule has 0 spiro atoms. The Morgan fingerprint density at radius 1 is 0.750 bits per heavy atom. The van der Waals surface area contributed by atoms with Gasteiger partial charge in [-0.1, -0.05) is 24.3 Å². The highest BCUT2D eigenvalue weighted by Crippen LogP contribution is 2.29. The molecule has 0 saturated carbocycles. The lowest BCUT2D eigenvalue weighted by atomic mass is 10.1. The number of benzene rings is 3. The molecule has 3 aromatic carbocycles. The minimum absolute atomic E-state index is 0.0156. The lowest BCUT2D eigenvalue weighted by Gasteiger charge is -2.35. The highest BCUT2D eigenvalue weighted by atomic mass is 19.4. The lowest BCUT2D eigenvalue weighted by molar-refractivity contribution is -0.137. The van der Waals surface area contributed by atoms with Gasteiger partial charge in [0, 0.05) is 76.4 Å². The number of hydrogen-bond donors (Lipinski definition) is 0. The number of methoxy groups -OCH3 is 1. The molecule has 0 N–H and O–H groups in total. The Labute approximate surface area is 255 Å². The summed E-state index contributed by atoms with van der Waals surface area (Å²) in [5, 5.41) is 0.929. The third-order valence-corrected chi connectivity index (χ3v) is 8.53. The molecule has 6 rings (SSSR count). The molecule has 2 aliphatic heterocycles. The summed E-state index contributed by atoms with van der Waals surface area (Å²) in [4.78, 5) is 27.0.